The highest BCUT2D eigenvalue weighted by atomic mass is 35.5. The molecule has 0 radical (unpaired) electrons. The average molecular weight is 434 g/mol. The molecule has 0 aliphatic heterocycles. The van der Waals surface area contributed by atoms with Crippen molar-refractivity contribution in [1.82, 2.24) is 14.8 Å². The lowest BCUT2D eigenvalue weighted by Gasteiger charge is -2.26. The number of fused-ring (bicyclic) bond motifs is 2. The summed E-state index contributed by atoms with van der Waals surface area (Å²) in [5.41, 5.74) is 2.44. The summed E-state index contributed by atoms with van der Waals surface area (Å²) in [7, 11) is 3.92. The summed E-state index contributed by atoms with van der Waals surface area (Å²) < 4.78 is 1.90. The van der Waals surface area contributed by atoms with Crippen LogP contribution < -0.4 is 10.7 Å². The van der Waals surface area contributed by atoms with E-state index in [1.165, 1.54) is 0 Å². The number of carbonyl (C=O) groups is 1. The van der Waals surface area contributed by atoms with Crippen molar-refractivity contribution < 1.29 is 4.79 Å². The van der Waals surface area contributed by atoms with Gasteiger partial charge in [-0.1, -0.05) is 54.1 Å². The number of aromatic nitrogens is 1. The zero-order valence-electron chi connectivity index (χ0n) is 17.5. The van der Waals surface area contributed by atoms with Crippen molar-refractivity contribution in [3.8, 4) is 0 Å². The monoisotopic (exact) mass is 433 g/mol. The maximum Gasteiger partial charge on any atom is 0.240 e. The van der Waals surface area contributed by atoms with Crippen molar-refractivity contribution in [3.05, 3.63) is 93.6 Å². The lowest BCUT2D eigenvalue weighted by atomic mass is 10.1. The van der Waals surface area contributed by atoms with E-state index in [2.05, 4.69) is 5.32 Å². The summed E-state index contributed by atoms with van der Waals surface area (Å²) in [6, 6.07) is 22.4. The third-order valence-corrected chi connectivity index (χ3v) is 5.91. The smallest absolute Gasteiger partial charge is 0.240 e. The largest absolute Gasteiger partial charge is 0.353 e. The molecule has 1 atom stereocenters. The van der Waals surface area contributed by atoms with Gasteiger partial charge in [-0.15, -0.1) is 0 Å². The molecule has 0 fully saturated rings. The van der Waals surface area contributed by atoms with Gasteiger partial charge in [0.1, 0.15) is 6.54 Å². The fourth-order valence-corrected chi connectivity index (χ4v) is 4.23. The summed E-state index contributed by atoms with van der Waals surface area (Å²) in [6.07, 6.45) is 0. The molecular formula is C25H24ClN3O2. The van der Waals surface area contributed by atoms with Crippen LogP contribution in [0, 0.1) is 0 Å². The van der Waals surface area contributed by atoms with Gasteiger partial charge in [-0.05, 0) is 50.0 Å². The first kappa shape index (κ1) is 21.1. The van der Waals surface area contributed by atoms with Gasteiger partial charge in [0.05, 0.1) is 17.1 Å². The van der Waals surface area contributed by atoms with Gasteiger partial charge in [-0.25, -0.2) is 0 Å². The lowest BCUT2D eigenvalue weighted by molar-refractivity contribution is -0.121. The molecule has 0 unspecified atom stereocenters. The fraction of sp³-hybridized carbons (Fsp3) is 0.200. The highest BCUT2D eigenvalue weighted by Crippen LogP contribution is 2.25. The number of hydrogen-bond acceptors (Lipinski definition) is 3. The lowest BCUT2D eigenvalue weighted by Crippen LogP contribution is -2.36. The summed E-state index contributed by atoms with van der Waals surface area (Å²) in [4.78, 5) is 27.9. The Balaban J connectivity index is 1.63. The summed E-state index contributed by atoms with van der Waals surface area (Å²) in [5.74, 6) is -0.127. The van der Waals surface area contributed by atoms with Crippen molar-refractivity contribution >= 4 is 39.3 Å². The topological polar surface area (TPSA) is 54.3 Å². The van der Waals surface area contributed by atoms with Crippen molar-refractivity contribution in [1.29, 1.82) is 0 Å². The third-order valence-electron chi connectivity index (χ3n) is 5.56. The molecule has 3 aromatic carbocycles. The molecule has 0 aliphatic carbocycles. The Hall–Kier alpha value is -3.15. The molecule has 1 aromatic heterocycles. The van der Waals surface area contributed by atoms with Crippen LogP contribution in [0.5, 0.6) is 0 Å². The molecule has 1 N–H and O–H groups in total. The SMILES string of the molecule is CN(C)[C@@H](CNC(=O)Cn1c2ccccc2c(=O)c2ccccc21)c1ccccc1Cl. The number of likely N-dealkylation sites (N-methyl/N-ethyl adjacent to an activating group) is 1. The molecule has 0 aliphatic rings. The minimum absolute atomic E-state index is 0.0192. The number of amides is 1. The van der Waals surface area contributed by atoms with Gasteiger partial charge in [-0.3, -0.25) is 9.59 Å². The van der Waals surface area contributed by atoms with E-state index in [1.54, 1.807) is 12.1 Å². The van der Waals surface area contributed by atoms with Crippen LogP contribution in [0.1, 0.15) is 11.6 Å². The molecule has 4 rings (SSSR count). The Kier molecular flexibility index (Phi) is 6.07. The van der Waals surface area contributed by atoms with E-state index in [9.17, 15) is 9.59 Å². The zero-order chi connectivity index (χ0) is 22.0. The minimum Gasteiger partial charge on any atom is -0.353 e. The highest BCUT2D eigenvalue weighted by molar-refractivity contribution is 6.31. The Morgan fingerprint density at radius 3 is 2.06 bits per heavy atom. The van der Waals surface area contributed by atoms with Crippen molar-refractivity contribution in [2.45, 2.75) is 12.6 Å². The number of nitrogens with zero attached hydrogens (tertiary/aromatic N) is 2. The number of para-hydroxylation sites is 2. The Morgan fingerprint density at radius 2 is 1.48 bits per heavy atom. The van der Waals surface area contributed by atoms with E-state index >= 15 is 0 Å². The molecule has 158 valence electrons. The normalized spacial score (nSPS) is 12.4. The molecule has 6 heteroatoms. The quantitative estimate of drug-likeness (QED) is 0.463. The van der Waals surface area contributed by atoms with Crippen LogP contribution in [0.15, 0.2) is 77.6 Å². The zero-order valence-corrected chi connectivity index (χ0v) is 18.3. The van der Waals surface area contributed by atoms with Gasteiger partial charge < -0.3 is 14.8 Å². The van der Waals surface area contributed by atoms with Gasteiger partial charge in [0.15, 0.2) is 5.43 Å². The van der Waals surface area contributed by atoms with Crippen LogP contribution in [0.2, 0.25) is 5.02 Å². The van der Waals surface area contributed by atoms with Crippen LogP contribution >= 0.6 is 11.6 Å². The summed E-state index contributed by atoms with van der Waals surface area (Å²) in [6.45, 7) is 0.537. The van der Waals surface area contributed by atoms with Gasteiger partial charge in [-0.2, -0.15) is 0 Å². The minimum atomic E-state index is -0.127. The van der Waals surface area contributed by atoms with E-state index in [1.807, 2.05) is 84.2 Å². The maximum atomic E-state index is 13.0. The van der Waals surface area contributed by atoms with Crippen molar-refractivity contribution in [3.63, 3.8) is 0 Å². The number of pyridine rings is 1. The van der Waals surface area contributed by atoms with Crippen LogP contribution in [0.3, 0.4) is 0 Å². The van der Waals surface area contributed by atoms with Crippen LogP contribution in [0.4, 0.5) is 0 Å². The molecule has 0 spiro atoms. The van der Waals surface area contributed by atoms with Crippen LogP contribution in [-0.4, -0.2) is 36.0 Å². The summed E-state index contributed by atoms with van der Waals surface area (Å²) in [5, 5.41) is 4.93. The molecule has 1 heterocycles. The number of hydrogen-bond donors (Lipinski definition) is 1. The third kappa shape index (κ3) is 4.20. The number of nitrogens with one attached hydrogen (secondary N) is 1. The molecule has 0 saturated carbocycles. The molecule has 5 nitrogen and oxygen atoms in total. The predicted octanol–water partition coefficient (Wildman–Crippen LogP) is 4.23. The number of carbonyl (C=O) groups excluding carboxylic acids is 1. The van der Waals surface area contributed by atoms with Gasteiger partial charge in [0.2, 0.25) is 5.91 Å². The van der Waals surface area contributed by atoms with E-state index in [-0.39, 0.29) is 23.9 Å². The second-order valence-electron chi connectivity index (χ2n) is 7.75. The first-order valence-electron chi connectivity index (χ1n) is 10.1. The Morgan fingerprint density at radius 1 is 0.935 bits per heavy atom. The first-order chi connectivity index (χ1) is 15.0. The standard InChI is InChI=1S/C25H24ClN3O2/c1-28(2)23(17-9-3-6-12-20(17)26)15-27-24(30)16-29-21-13-7-4-10-18(21)25(31)19-11-5-8-14-22(19)29/h3-14,23H,15-16H2,1-2H3,(H,27,30)/t23-/m0/s1. The van der Waals surface area contributed by atoms with E-state index < -0.39 is 0 Å². The van der Waals surface area contributed by atoms with Crippen molar-refractivity contribution in [2.24, 2.45) is 0 Å². The number of halogens is 1. The highest BCUT2D eigenvalue weighted by Gasteiger charge is 2.19. The van der Waals surface area contributed by atoms with Gasteiger partial charge in [0, 0.05) is 22.3 Å². The summed E-state index contributed by atoms with van der Waals surface area (Å²) >= 11 is 6.38. The number of benzene rings is 3. The fourth-order valence-electron chi connectivity index (χ4n) is 3.97. The maximum absolute atomic E-state index is 13.0. The van der Waals surface area contributed by atoms with Gasteiger partial charge in [0.25, 0.3) is 0 Å². The van der Waals surface area contributed by atoms with Crippen molar-refractivity contribution in [2.75, 3.05) is 20.6 Å². The van der Waals surface area contributed by atoms with Crippen LogP contribution in [0.25, 0.3) is 21.8 Å². The second kappa shape index (κ2) is 8.92. The molecule has 0 saturated heterocycles. The molecule has 0 bridgehead atoms. The number of rotatable bonds is 6. The Labute approximate surface area is 185 Å². The molecule has 31 heavy (non-hydrogen) atoms. The average Bonchev–Trinajstić information content (AvgIpc) is 2.78. The van der Waals surface area contributed by atoms with Crippen LogP contribution in [-0.2, 0) is 11.3 Å². The first-order valence-corrected chi connectivity index (χ1v) is 10.5. The molecule has 4 aromatic rings. The molecular weight excluding hydrogens is 410 g/mol. The second-order valence-corrected chi connectivity index (χ2v) is 8.16. The van der Waals surface area contributed by atoms with Gasteiger partial charge >= 0.3 is 0 Å². The predicted molar refractivity (Wildman–Crippen MR) is 127 cm³/mol. The van der Waals surface area contributed by atoms with E-state index in [0.29, 0.717) is 22.3 Å². The van der Waals surface area contributed by atoms with E-state index in [0.717, 1.165) is 16.6 Å². The molecule has 1 amide bonds. The van der Waals surface area contributed by atoms with E-state index in [4.69, 9.17) is 11.6 Å². The Bertz CT molecular complexity index is 1250.